The van der Waals surface area contributed by atoms with E-state index >= 15 is 0 Å². The SMILES string of the molecule is CO/C(O)=C(\C(=O)O)[N+]1=CCC1=O. The van der Waals surface area contributed by atoms with E-state index in [1.54, 1.807) is 0 Å². The number of carbonyl (C=O) groups is 2. The Balaban J connectivity index is 3.08. The van der Waals surface area contributed by atoms with Crippen LogP contribution < -0.4 is 0 Å². The van der Waals surface area contributed by atoms with Crippen molar-refractivity contribution in [2.75, 3.05) is 7.11 Å². The third-order valence-electron chi connectivity index (χ3n) is 1.56. The first-order valence-corrected chi connectivity index (χ1v) is 3.44. The highest BCUT2D eigenvalue weighted by Crippen LogP contribution is 2.10. The van der Waals surface area contributed by atoms with Gasteiger partial charge in [0.25, 0.3) is 0 Å². The van der Waals surface area contributed by atoms with Crippen LogP contribution in [0.1, 0.15) is 6.42 Å². The summed E-state index contributed by atoms with van der Waals surface area (Å²) in [6.45, 7) is 0. The number of carboxylic acids is 1. The Morgan fingerprint density at radius 3 is 2.46 bits per heavy atom. The molecular formula is C7H8NO5+. The zero-order valence-corrected chi connectivity index (χ0v) is 6.85. The van der Waals surface area contributed by atoms with Crippen LogP contribution in [0.25, 0.3) is 0 Å². The molecular weight excluding hydrogens is 178 g/mol. The molecule has 0 spiro atoms. The molecule has 13 heavy (non-hydrogen) atoms. The van der Waals surface area contributed by atoms with Crippen LogP contribution >= 0.6 is 0 Å². The van der Waals surface area contributed by atoms with Gasteiger partial charge in [0.05, 0.1) is 7.11 Å². The van der Waals surface area contributed by atoms with Crippen molar-refractivity contribution >= 4 is 18.1 Å². The summed E-state index contributed by atoms with van der Waals surface area (Å²) in [6.07, 6.45) is 1.52. The van der Waals surface area contributed by atoms with Gasteiger partial charge in [-0.2, -0.15) is 0 Å². The van der Waals surface area contributed by atoms with Gasteiger partial charge >= 0.3 is 23.5 Å². The summed E-state index contributed by atoms with van der Waals surface area (Å²) >= 11 is 0. The first kappa shape index (κ1) is 9.24. The molecule has 0 atom stereocenters. The quantitative estimate of drug-likeness (QED) is 0.351. The van der Waals surface area contributed by atoms with Gasteiger partial charge in [0.1, 0.15) is 0 Å². The van der Waals surface area contributed by atoms with E-state index in [9.17, 15) is 9.59 Å². The van der Waals surface area contributed by atoms with Crippen molar-refractivity contribution in [1.82, 2.24) is 0 Å². The number of rotatable bonds is 3. The minimum Gasteiger partial charge on any atom is -0.476 e. The predicted octanol–water partition coefficient (Wildman–Crippen LogP) is -0.542. The molecule has 6 nitrogen and oxygen atoms in total. The molecule has 70 valence electrons. The highest BCUT2D eigenvalue weighted by molar-refractivity contribution is 5.97. The van der Waals surface area contributed by atoms with E-state index in [-0.39, 0.29) is 12.3 Å². The second kappa shape index (κ2) is 3.26. The fourth-order valence-electron chi connectivity index (χ4n) is 0.867. The van der Waals surface area contributed by atoms with Crippen LogP contribution in [0.2, 0.25) is 0 Å². The highest BCUT2D eigenvalue weighted by atomic mass is 16.6. The lowest BCUT2D eigenvalue weighted by Gasteiger charge is -2.06. The molecule has 0 radical (unpaired) electrons. The summed E-state index contributed by atoms with van der Waals surface area (Å²) in [5.74, 6) is -2.58. The van der Waals surface area contributed by atoms with Gasteiger partial charge in [-0.15, -0.1) is 4.58 Å². The van der Waals surface area contributed by atoms with Crippen molar-refractivity contribution in [3.8, 4) is 0 Å². The maximum absolute atomic E-state index is 10.8. The average Bonchev–Trinajstić information content (AvgIpc) is 2.09. The lowest BCUT2D eigenvalue weighted by Crippen LogP contribution is -2.35. The molecule has 0 aromatic heterocycles. The van der Waals surface area contributed by atoms with Crippen LogP contribution in [0, 0.1) is 0 Å². The number of aliphatic carboxylic acids is 1. The minimum absolute atomic E-state index is 0.174. The Hall–Kier alpha value is -1.85. The maximum Gasteiger partial charge on any atom is 0.409 e. The number of hydrogen-bond donors (Lipinski definition) is 2. The standard InChI is InChI=1S/C7H7NO5/c1-13-7(12)5(6(10)11)8-3-2-4(8)9/h3H,2H2,1H3,(H-,10,11,12)/p+1/b7-5+. The molecule has 0 saturated heterocycles. The van der Waals surface area contributed by atoms with E-state index in [0.717, 1.165) is 11.7 Å². The van der Waals surface area contributed by atoms with Gasteiger partial charge in [-0.3, -0.25) is 0 Å². The summed E-state index contributed by atoms with van der Waals surface area (Å²) in [5.41, 5.74) is -0.557. The van der Waals surface area contributed by atoms with E-state index in [0.29, 0.717) is 0 Å². The third kappa shape index (κ3) is 1.51. The first-order chi connectivity index (χ1) is 6.07. The Bertz CT molecular complexity index is 328. The van der Waals surface area contributed by atoms with Crippen molar-refractivity contribution in [3.05, 3.63) is 11.6 Å². The molecule has 0 aliphatic carbocycles. The summed E-state index contributed by atoms with van der Waals surface area (Å²) in [7, 11) is 1.11. The Morgan fingerprint density at radius 1 is 1.62 bits per heavy atom. The highest BCUT2D eigenvalue weighted by Gasteiger charge is 2.39. The van der Waals surface area contributed by atoms with Crippen LogP contribution in [0.3, 0.4) is 0 Å². The number of nitrogens with zero attached hydrogens (tertiary/aromatic N) is 1. The van der Waals surface area contributed by atoms with E-state index in [2.05, 4.69) is 4.74 Å². The third-order valence-corrected chi connectivity index (χ3v) is 1.56. The van der Waals surface area contributed by atoms with Crippen molar-refractivity contribution in [3.63, 3.8) is 0 Å². The number of aliphatic hydroxyl groups excluding tert-OH is 1. The van der Waals surface area contributed by atoms with Gasteiger partial charge in [-0.1, -0.05) is 0 Å². The monoisotopic (exact) mass is 186 g/mol. The average molecular weight is 186 g/mol. The topological polar surface area (TPSA) is 86.8 Å². The van der Waals surface area contributed by atoms with E-state index in [1.165, 1.54) is 6.21 Å². The number of hydrogen-bond acceptors (Lipinski definition) is 4. The predicted molar refractivity (Wildman–Crippen MR) is 40.2 cm³/mol. The van der Waals surface area contributed by atoms with Crippen LogP contribution in [0.5, 0.6) is 0 Å². The van der Waals surface area contributed by atoms with Gasteiger partial charge in [0.15, 0.2) is 12.6 Å². The van der Waals surface area contributed by atoms with E-state index < -0.39 is 17.6 Å². The second-order valence-corrected chi connectivity index (χ2v) is 2.31. The normalized spacial score (nSPS) is 17.0. The number of amides is 1. The zero-order chi connectivity index (χ0) is 10.0. The summed E-state index contributed by atoms with van der Waals surface area (Å²) in [5, 5.41) is 17.6. The molecule has 1 amide bonds. The molecule has 1 rings (SSSR count). The van der Waals surface area contributed by atoms with Crippen molar-refractivity contribution < 1.29 is 29.1 Å². The zero-order valence-electron chi connectivity index (χ0n) is 6.85. The molecule has 2 N–H and O–H groups in total. The number of aliphatic hydroxyl groups is 1. The fourth-order valence-corrected chi connectivity index (χ4v) is 0.867. The smallest absolute Gasteiger partial charge is 0.409 e. The van der Waals surface area contributed by atoms with Gasteiger partial charge in [0.2, 0.25) is 0 Å². The molecule has 0 fully saturated rings. The largest absolute Gasteiger partial charge is 0.476 e. The van der Waals surface area contributed by atoms with Gasteiger partial charge in [-0.25, -0.2) is 9.59 Å². The Labute approximate surface area is 73.4 Å². The molecule has 6 heteroatoms. The van der Waals surface area contributed by atoms with Crippen LogP contribution in [-0.4, -0.2) is 40.0 Å². The van der Waals surface area contributed by atoms with Crippen LogP contribution in [-0.2, 0) is 14.3 Å². The number of carboxylic acid groups (broad SMARTS) is 1. The van der Waals surface area contributed by atoms with Crippen molar-refractivity contribution in [2.45, 2.75) is 6.42 Å². The molecule has 0 bridgehead atoms. The van der Waals surface area contributed by atoms with E-state index in [1.807, 2.05) is 0 Å². The first-order valence-electron chi connectivity index (χ1n) is 3.44. The van der Waals surface area contributed by atoms with Crippen LogP contribution in [0.15, 0.2) is 11.6 Å². The molecule has 0 unspecified atom stereocenters. The van der Waals surface area contributed by atoms with Crippen LogP contribution in [0.4, 0.5) is 0 Å². The molecule has 1 aliphatic heterocycles. The number of methoxy groups -OCH3 is 1. The Morgan fingerprint density at radius 2 is 2.23 bits per heavy atom. The van der Waals surface area contributed by atoms with Gasteiger partial charge in [0, 0.05) is 0 Å². The second-order valence-electron chi connectivity index (χ2n) is 2.31. The molecule has 0 saturated carbocycles. The molecule has 1 heterocycles. The fraction of sp³-hybridized carbons (Fsp3) is 0.286. The lowest BCUT2D eigenvalue weighted by molar-refractivity contribution is -0.415. The maximum atomic E-state index is 10.8. The molecule has 0 aromatic carbocycles. The van der Waals surface area contributed by atoms with E-state index in [4.69, 9.17) is 10.2 Å². The summed E-state index contributed by atoms with van der Waals surface area (Å²) < 4.78 is 5.15. The van der Waals surface area contributed by atoms with Gasteiger partial charge < -0.3 is 14.9 Å². The molecule has 1 aliphatic rings. The van der Waals surface area contributed by atoms with Crippen molar-refractivity contribution in [1.29, 1.82) is 0 Å². The summed E-state index contributed by atoms with van der Waals surface area (Å²) in [6, 6.07) is 0. The van der Waals surface area contributed by atoms with Gasteiger partial charge in [-0.05, 0) is 0 Å². The minimum atomic E-state index is -1.41. The molecule has 0 aromatic rings. The Kier molecular flexibility index (Phi) is 2.32. The van der Waals surface area contributed by atoms with Crippen molar-refractivity contribution in [2.24, 2.45) is 0 Å². The summed E-state index contributed by atoms with van der Waals surface area (Å²) in [4.78, 5) is 21.4. The lowest BCUT2D eigenvalue weighted by atomic mass is 10.2. The number of ether oxygens (including phenoxy) is 1. The number of carbonyl (C=O) groups excluding carboxylic acids is 1.